The van der Waals surface area contributed by atoms with Gasteiger partial charge in [0.1, 0.15) is 0 Å². The molecular weight excluding hydrogens is 378 g/mol. The van der Waals surface area contributed by atoms with Crippen LogP contribution in [0.1, 0.15) is 39.0 Å². The van der Waals surface area contributed by atoms with Gasteiger partial charge in [-0.1, -0.05) is 61.3 Å². The van der Waals surface area contributed by atoms with Crippen LogP contribution in [0.5, 0.6) is 0 Å². The highest BCUT2D eigenvalue weighted by atomic mass is 32.2. The van der Waals surface area contributed by atoms with Crippen LogP contribution in [0.2, 0.25) is 0 Å². The zero-order valence-corrected chi connectivity index (χ0v) is 18.3. The Balaban J connectivity index is 2.11. The summed E-state index contributed by atoms with van der Waals surface area (Å²) in [5, 5.41) is 9.38. The number of carboxylic acids is 1. The Morgan fingerprint density at radius 1 is 1.41 bits per heavy atom. The zero-order chi connectivity index (χ0) is 21.1. The molecule has 0 aromatic rings. The van der Waals surface area contributed by atoms with Crippen LogP contribution in [0.25, 0.3) is 0 Å². The molecule has 1 N–H and O–H groups in total. The van der Waals surface area contributed by atoms with Crippen molar-refractivity contribution >= 4 is 17.7 Å². The largest absolute Gasteiger partial charge is 0.481 e. The molecule has 0 bridgehead atoms. The highest BCUT2D eigenvalue weighted by molar-refractivity contribution is 8.03. The molecule has 0 aromatic heterocycles. The predicted molar refractivity (Wildman–Crippen MR) is 126 cm³/mol. The maximum atomic E-state index is 11.4. The van der Waals surface area contributed by atoms with E-state index in [-0.39, 0.29) is 5.92 Å². The molecule has 2 aliphatic rings. The maximum absolute atomic E-state index is 11.4. The quantitative estimate of drug-likeness (QED) is 0.430. The van der Waals surface area contributed by atoms with E-state index in [1.807, 2.05) is 25.2 Å². The highest BCUT2D eigenvalue weighted by Crippen LogP contribution is 2.28. The lowest BCUT2D eigenvalue weighted by Crippen LogP contribution is -2.37. The van der Waals surface area contributed by atoms with Crippen molar-refractivity contribution in [3.05, 3.63) is 83.5 Å². The summed E-state index contributed by atoms with van der Waals surface area (Å²) in [6.07, 6.45) is 21.5. The smallest absolute Gasteiger partial charge is 0.308 e. The molecule has 4 heteroatoms. The molecule has 1 heterocycles. The van der Waals surface area contributed by atoms with E-state index in [1.54, 1.807) is 11.8 Å². The van der Waals surface area contributed by atoms with Crippen LogP contribution < -0.4 is 0 Å². The van der Waals surface area contributed by atoms with E-state index < -0.39 is 5.97 Å². The molecule has 0 saturated carbocycles. The van der Waals surface area contributed by atoms with Crippen molar-refractivity contribution in [2.24, 2.45) is 5.92 Å². The van der Waals surface area contributed by atoms with E-state index >= 15 is 0 Å². The first-order valence-corrected chi connectivity index (χ1v) is 11.3. The van der Waals surface area contributed by atoms with E-state index in [0.717, 1.165) is 50.1 Å². The minimum Gasteiger partial charge on any atom is -0.481 e. The second kappa shape index (κ2) is 12.4. The monoisotopic (exact) mass is 411 g/mol. The van der Waals surface area contributed by atoms with Crippen LogP contribution in [-0.2, 0) is 4.79 Å². The third-order valence-electron chi connectivity index (χ3n) is 5.08. The Labute approximate surface area is 179 Å². The van der Waals surface area contributed by atoms with Crippen LogP contribution in [-0.4, -0.2) is 34.8 Å². The number of carbonyl (C=O) groups is 1. The molecular formula is C25H33NO2S. The number of allylic oxidation sites excluding steroid dienone is 10. The van der Waals surface area contributed by atoms with Gasteiger partial charge in [0.25, 0.3) is 0 Å². The van der Waals surface area contributed by atoms with E-state index in [4.69, 9.17) is 0 Å². The Bertz CT molecular complexity index is 755. The number of rotatable bonds is 10. The molecule has 0 radical (unpaired) electrons. The van der Waals surface area contributed by atoms with Gasteiger partial charge in [-0.25, -0.2) is 0 Å². The fourth-order valence-corrected chi connectivity index (χ4v) is 4.53. The van der Waals surface area contributed by atoms with Gasteiger partial charge in [-0.3, -0.25) is 4.79 Å². The average Bonchev–Trinajstić information content (AvgIpc) is 2.73. The fourth-order valence-electron chi connectivity index (χ4n) is 3.57. The lowest BCUT2D eigenvalue weighted by Gasteiger charge is -2.34. The Morgan fingerprint density at radius 3 is 2.90 bits per heavy atom. The topological polar surface area (TPSA) is 40.5 Å². The minimum absolute atomic E-state index is 0.289. The Hall–Kier alpha value is -2.20. The van der Waals surface area contributed by atoms with Gasteiger partial charge in [0, 0.05) is 35.9 Å². The van der Waals surface area contributed by atoms with Crippen LogP contribution in [0.4, 0.5) is 0 Å². The number of nitrogens with zero attached hydrogens (tertiary/aromatic N) is 1. The van der Waals surface area contributed by atoms with Crippen molar-refractivity contribution in [3.8, 4) is 0 Å². The number of likely N-dealkylation sites (tertiary alicyclic amines) is 1. The van der Waals surface area contributed by atoms with Crippen LogP contribution in [0.3, 0.4) is 0 Å². The van der Waals surface area contributed by atoms with Gasteiger partial charge in [-0.2, -0.15) is 0 Å². The standard InChI is InChI=1S/C25H33NO2S/c1-4-10-24(11-5-2)29-19-22(17-21-12-7-6-8-13-21)16-20(3)26-15-9-14-23(18-26)25(27)28/h4-5,7,10-13,17,23H,1,3,6,8-9,14-16,18-19H2,2H3,(H,27,28)/b11-5-,22-17-,24-10+. The van der Waals surface area contributed by atoms with Gasteiger partial charge in [0.15, 0.2) is 0 Å². The maximum Gasteiger partial charge on any atom is 0.308 e. The predicted octanol–water partition coefficient (Wildman–Crippen LogP) is 6.27. The second-order valence-corrected chi connectivity index (χ2v) is 8.50. The van der Waals surface area contributed by atoms with Crippen molar-refractivity contribution in [1.82, 2.24) is 4.90 Å². The molecule has 3 nitrogen and oxygen atoms in total. The van der Waals surface area contributed by atoms with Crippen LogP contribution >= 0.6 is 11.8 Å². The molecule has 1 aliphatic carbocycles. The van der Waals surface area contributed by atoms with Gasteiger partial charge in [-0.05, 0) is 44.3 Å². The molecule has 1 unspecified atom stereocenters. The van der Waals surface area contributed by atoms with Crippen LogP contribution in [0, 0.1) is 5.92 Å². The van der Waals surface area contributed by atoms with Crippen molar-refractivity contribution < 1.29 is 9.90 Å². The van der Waals surface area contributed by atoms with Crippen molar-refractivity contribution in [1.29, 1.82) is 0 Å². The summed E-state index contributed by atoms with van der Waals surface area (Å²) in [5.41, 5.74) is 3.57. The Morgan fingerprint density at radius 2 is 2.24 bits per heavy atom. The molecule has 1 aliphatic heterocycles. The number of carboxylic acid groups (broad SMARTS) is 1. The third-order valence-corrected chi connectivity index (χ3v) is 6.20. The third kappa shape index (κ3) is 7.98. The molecule has 1 atom stereocenters. The lowest BCUT2D eigenvalue weighted by atomic mass is 9.96. The number of aliphatic carboxylic acids is 1. The molecule has 0 amide bonds. The van der Waals surface area contributed by atoms with Gasteiger partial charge in [0.05, 0.1) is 5.92 Å². The van der Waals surface area contributed by atoms with E-state index in [0.29, 0.717) is 6.54 Å². The average molecular weight is 412 g/mol. The van der Waals surface area contributed by atoms with E-state index in [2.05, 4.69) is 48.4 Å². The van der Waals surface area contributed by atoms with Crippen molar-refractivity contribution in [3.63, 3.8) is 0 Å². The second-order valence-electron chi connectivity index (χ2n) is 7.45. The molecule has 29 heavy (non-hydrogen) atoms. The Kier molecular flexibility index (Phi) is 9.85. The number of piperidine rings is 1. The van der Waals surface area contributed by atoms with Crippen LogP contribution in [0.15, 0.2) is 83.5 Å². The normalized spacial score (nSPS) is 20.7. The summed E-state index contributed by atoms with van der Waals surface area (Å²) < 4.78 is 0. The van der Waals surface area contributed by atoms with Gasteiger partial charge < -0.3 is 10.0 Å². The lowest BCUT2D eigenvalue weighted by molar-refractivity contribution is -0.143. The minimum atomic E-state index is -0.697. The number of hydrogen-bond donors (Lipinski definition) is 1. The number of hydrogen-bond acceptors (Lipinski definition) is 3. The van der Waals surface area contributed by atoms with Gasteiger partial charge in [0.2, 0.25) is 0 Å². The first-order chi connectivity index (χ1) is 14.0. The summed E-state index contributed by atoms with van der Waals surface area (Å²) in [7, 11) is 0. The van der Waals surface area contributed by atoms with Gasteiger partial charge in [-0.15, -0.1) is 11.8 Å². The van der Waals surface area contributed by atoms with Gasteiger partial charge >= 0.3 is 5.97 Å². The highest BCUT2D eigenvalue weighted by Gasteiger charge is 2.26. The molecule has 1 saturated heterocycles. The summed E-state index contributed by atoms with van der Waals surface area (Å²) in [6, 6.07) is 0. The SMILES string of the molecule is C=C/C=C(\C=C/C)SC/C(=C\C1=CCCC=C1)CC(=C)N1CCCC(C(=O)O)C1. The number of thioether (sulfide) groups is 1. The summed E-state index contributed by atoms with van der Waals surface area (Å²) in [6.45, 7) is 11.6. The van der Waals surface area contributed by atoms with E-state index in [1.165, 1.54) is 16.1 Å². The fraction of sp³-hybridized carbons (Fsp3) is 0.400. The molecule has 0 aromatic carbocycles. The molecule has 156 valence electrons. The summed E-state index contributed by atoms with van der Waals surface area (Å²) in [5.74, 6) is -0.121. The molecule has 2 rings (SSSR count). The summed E-state index contributed by atoms with van der Waals surface area (Å²) >= 11 is 1.79. The first kappa shape index (κ1) is 23.1. The first-order valence-electron chi connectivity index (χ1n) is 10.3. The van der Waals surface area contributed by atoms with Crippen molar-refractivity contribution in [2.75, 3.05) is 18.8 Å². The van der Waals surface area contributed by atoms with E-state index in [9.17, 15) is 9.90 Å². The summed E-state index contributed by atoms with van der Waals surface area (Å²) in [4.78, 5) is 14.7. The zero-order valence-electron chi connectivity index (χ0n) is 17.5. The molecule has 1 fully saturated rings. The molecule has 0 spiro atoms. The van der Waals surface area contributed by atoms with Crippen molar-refractivity contribution in [2.45, 2.75) is 39.0 Å².